The van der Waals surface area contributed by atoms with E-state index < -0.39 is 0 Å². The number of primary amides is 1. The molecule has 0 heterocycles. The maximum Gasteiger partial charge on any atom is 0.248 e. The molecule has 0 aromatic heterocycles. The summed E-state index contributed by atoms with van der Waals surface area (Å²) in [7, 11) is 0. The number of rotatable bonds is 3. The maximum atomic E-state index is 11.3. The van der Waals surface area contributed by atoms with Crippen molar-refractivity contribution in [2.24, 2.45) is 5.73 Å². The highest BCUT2D eigenvalue weighted by Crippen LogP contribution is 2.23. The smallest absolute Gasteiger partial charge is 0.248 e. The molecule has 2 heteroatoms. The summed E-state index contributed by atoms with van der Waals surface area (Å²) in [5.41, 5.74) is 8.15. The van der Waals surface area contributed by atoms with Crippen LogP contribution in [-0.4, -0.2) is 5.91 Å². The van der Waals surface area contributed by atoms with E-state index in [4.69, 9.17) is 5.73 Å². The third kappa shape index (κ3) is 2.15. The third-order valence-electron chi connectivity index (χ3n) is 2.51. The minimum Gasteiger partial charge on any atom is -0.366 e. The largest absolute Gasteiger partial charge is 0.366 e. The molecule has 2 nitrogen and oxygen atoms in total. The molecule has 2 aliphatic rings. The molecule has 0 aromatic rings. The van der Waals surface area contributed by atoms with Crippen molar-refractivity contribution < 1.29 is 4.79 Å². The van der Waals surface area contributed by atoms with Gasteiger partial charge in [-0.25, -0.2) is 0 Å². The summed E-state index contributed by atoms with van der Waals surface area (Å²) in [6, 6.07) is 0. The predicted molar refractivity (Wildman–Crippen MR) is 61.0 cm³/mol. The second kappa shape index (κ2) is 4.13. The van der Waals surface area contributed by atoms with E-state index in [0.717, 1.165) is 24.0 Å². The van der Waals surface area contributed by atoms with Crippen LogP contribution in [-0.2, 0) is 4.79 Å². The first-order chi connectivity index (χ1) is 7.27. The fourth-order valence-electron chi connectivity index (χ4n) is 1.73. The lowest BCUT2D eigenvalue weighted by atomic mass is 10.0. The van der Waals surface area contributed by atoms with Crippen LogP contribution in [0.2, 0.25) is 0 Å². The van der Waals surface area contributed by atoms with Gasteiger partial charge in [-0.05, 0) is 30.1 Å². The van der Waals surface area contributed by atoms with E-state index in [1.54, 1.807) is 0 Å². The monoisotopic (exact) mass is 199 g/mol. The van der Waals surface area contributed by atoms with E-state index in [1.807, 2.05) is 36.5 Å². The van der Waals surface area contributed by atoms with Crippen molar-refractivity contribution in [2.75, 3.05) is 0 Å². The zero-order chi connectivity index (χ0) is 10.7. The van der Waals surface area contributed by atoms with Gasteiger partial charge in [0.25, 0.3) is 0 Å². The molecule has 0 aromatic carbocycles. The number of amides is 1. The average Bonchev–Trinajstić information content (AvgIpc) is 2.87. The Hall–Kier alpha value is -1.83. The van der Waals surface area contributed by atoms with Gasteiger partial charge in [0.1, 0.15) is 0 Å². The van der Waals surface area contributed by atoms with Crippen molar-refractivity contribution >= 4 is 5.91 Å². The Bertz CT molecular complexity index is 433. The molecule has 2 rings (SSSR count). The van der Waals surface area contributed by atoms with Gasteiger partial charge in [-0.15, -0.1) is 0 Å². The first-order valence-corrected chi connectivity index (χ1v) is 5.00. The summed E-state index contributed by atoms with van der Waals surface area (Å²) in [4.78, 5) is 11.3. The van der Waals surface area contributed by atoms with Gasteiger partial charge in [0.05, 0.1) is 0 Å². The molecule has 1 amide bonds. The van der Waals surface area contributed by atoms with Crippen LogP contribution < -0.4 is 5.73 Å². The standard InChI is InChI=1S/C13H13NO/c14-13(15)12(11-7-3-4-8-11)9-10-5-1-2-6-10/h1-5,7,9H,6,8H2,(H2,14,15). The number of allylic oxidation sites excluding steroid dienone is 8. The van der Waals surface area contributed by atoms with Gasteiger partial charge in [0.15, 0.2) is 0 Å². The molecule has 0 saturated carbocycles. The summed E-state index contributed by atoms with van der Waals surface area (Å²) in [6.07, 6.45) is 15.6. The molecule has 0 unspecified atom stereocenters. The second-order valence-electron chi connectivity index (χ2n) is 3.62. The molecule has 0 atom stereocenters. The zero-order valence-corrected chi connectivity index (χ0v) is 8.44. The normalized spacial score (nSPS) is 19.3. The topological polar surface area (TPSA) is 43.1 Å². The second-order valence-corrected chi connectivity index (χ2v) is 3.62. The van der Waals surface area contributed by atoms with Crippen molar-refractivity contribution in [1.29, 1.82) is 0 Å². The molecule has 15 heavy (non-hydrogen) atoms. The fraction of sp³-hybridized carbons (Fsp3) is 0.154. The lowest BCUT2D eigenvalue weighted by molar-refractivity contribution is -0.114. The lowest BCUT2D eigenvalue weighted by Gasteiger charge is -2.04. The van der Waals surface area contributed by atoms with Crippen LogP contribution >= 0.6 is 0 Å². The molecule has 2 aliphatic carbocycles. The van der Waals surface area contributed by atoms with Crippen molar-refractivity contribution in [1.82, 2.24) is 0 Å². The molecule has 0 bridgehead atoms. The van der Waals surface area contributed by atoms with E-state index >= 15 is 0 Å². The van der Waals surface area contributed by atoms with Gasteiger partial charge in [0, 0.05) is 5.57 Å². The minimum absolute atomic E-state index is 0.349. The Morgan fingerprint density at radius 1 is 1.20 bits per heavy atom. The van der Waals surface area contributed by atoms with Crippen LogP contribution in [0.4, 0.5) is 0 Å². The van der Waals surface area contributed by atoms with Crippen molar-refractivity contribution in [3.05, 3.63) is 59.3 Å². The molecule has 2 N–H and O–H groups in total. The Morgan fingerprint density at radius 2 is 1.93 bits per heavy atom. The van der Waals surface area contributed by atoms with Crippen LogP contribution in [0.5, 0.6) is 0 Å². The quantitative estimate of drug-likeness (QED) is 0.695. The third-order valence-corrected chi connectivity index (χ3v) is 2.51. The van der Waals surface area contributed by atoms with Crippen molar-refractivity contribution in [3.63, 3.8) is 0 Å². The number of carbonyl (C=O) groups is 1. The van der Waals surface area contributed by atoms with Gasteiger partial charge >= 0.3 is 0 Å². The highest BCUT2D eigenvalue weighted by molar-refractivity contribution is 5.97. The summed E-state index contributed by atoms with van der Waals surface area (Å²) >= 11 is 0. The number of nitrogens with two attached hydrogens (primary N) is 1. The molecule has 0 radical (unpaired) electrons. The molecular weight excluding hydrogens is 186 g/mol. The molecular formula is C13H13NO. The molecule has 76 valence electrons. The van der Waals surface area contributed by atoms with E-state index in [2.05, 4.69) is 6.08 Å². The zero-order valence-electron chi connectivity index (χ0n) is 8.44. The summed E-state index contributed by atoms with van der Waals surface area (Å²) in [6.45, 7) is 0. The van der Waals surface area contributed by atoms with E-state index in [0.29, 0.717) is 5.57 Å². The highest BCUT2D eigenvalue weighted by atomic mass is 16.1. The minimum atomic E-state index is -0.349. The van der Waals surface area contributed by atoms with Gasteiger partial charge in [0.2, 0.25) is 5.91 Å². The first-order valence-electron chi connectivity index (χ1n) is 5.00. The Labute approximate surface area is 89.2 Å². The van der Waals surface area contributed by atoms with Crippen LogP contribution in [0, 0.1) is 0 Å². The average molecular weight is 199 g/mol. The van der Waals surface area contributed by atoms with E-state index in [1.165, 1.54) is 0 Å². The Morgan fingerprint density at radius 3 is 2.47 bits per heavy atom. The van der Waals surface area contributed by atoms with Gasteiger partial charge in [-0.3, -0.25) is 4.79 Å². The van der Waals surface area contributed by atoms with Crippen LogP contribution in [0.15, 0.2) is 59.3 Å². The first kappa shape index (κ1) is 9.71. The molecule has 0 aliphatic heterocycles. The molecule has 0 spiro atoms. The predicted octanol–water partition coefficient (Wildman–Crippen LogP) is 2.17. The Kier molecular flexibility index (Phi) is 2.68. The number of hydrogen-bond donors (Lipinski definition) is 1. The van der Waals surface area contributed by atoms with Crippen LogP contribution in [0.25, 0.3) is 0 Å². The lowest BCUT2D eigenvalue weighted by Crippen LogP contribution is -2.15. The van der Waals surface area contributed by atoms with E-state index in [-0.39, 0.29) is 5.91 Å². The number of carbonyl (C=O) groups excluding carboxylic acids is 1. The van der Waals surface area contributed by atoms with Crippen molar-refractivity contribution in [3.8, 4) is 0 Å². The van der Waals surface area contributed by atoms with Gasteiger partial charge in [-0.2, -0.15) is 0 Å². The summed E-state index contributed by atoms with van der Waals surface area (Å²) in [5, 5.41) is 0. The highest BCUT2D eigenvalue weighted by Gasteiger charge is 2.12. The SMILES string of the molecule is NC(=O)C(=CC1=CC=CC1)C1=CC=CC1. The molecule has 0 fully saturated rings. The Balaban J connectivity index is 2.23. The molecule has 0 saturated heterocycles. The van der Waals surface area contributed by atoms with Gasteiger partial charge in [-0.1, -0.05) is 36.5 Å². The maximum absolute atomic E-state index is 11.3. The summed E-state index contributed by atoms with van der Waals surface area (Å²) in [5.74, 6) is -0.349. The van der Waals surface area contributed by atoms with E-state index in [9.17, 15) is 4.79 Å². The van der Waals surface area contributed by atoms with Crippen LogP contribution in [0.1, 0.15) is 12.8 Å². The van der Waals surface area contributed by atoms with Gasteiger partial charge < -0.3 is 5.73 Å². The fourth-order valence-corrected chi connectivity index (χ4v) is 1.73. The summed E-state index contributed by atoms with van der Waals surface area (Å²) < 4.78 is 0. The number of hydrogen-bond acceptors (Lipinski definition) is 1. The van der Waals surface area contributed by atoms with Crippen LogP contribution in [0.3, 0.4) is 0 Å². The van der Waals surface area contributed by atoms with Crippen molar-refractivity contribution in [2.45, 2.75) is 12.8 Å².